The second kappa shape index (κ2) is 11.2. The molecule has 2 aromatic carbocycles. The number of esters is 2. The lowest BCUT2D eigenvalue weighted by Crippen LogP contribution is -2.16. The second-order valence-corrected chi connectivity index (χ2v) is 6.04. The molecule has 2 aromatic rings. The lowest BCUT2D eigenvalue weighted by atomic mass is 10.1. The number of carbonyl (C=O) groups is 3. The van der Waals surface area contributed by atoms with E-state index in [9.17, 15) is 14.4 Å². The van der Waals surface area contributed by atoms with Crippen LogP contribution in [-0.2, 0) is 19.1 Å². The fourth-order valence-corrected chi connectivity index (χ4v) is 2.45. The number of hydrogen-bond donors (Lipinski definition) is 2. The summed E-state index contributed by atoms with van der Waals surface area (Å²) in [5.41, 5.74) is 1.82. The summed E-state index contributed by atoms with van der Waals surface area (Å²) in [6, 6.07) is 15.2. The number of rotatable bonds is 9. The largest absolute Gasteiger partial charge is 0.465 e. The highest BCUT2D eigenvalue weighted by molar-refractivity contribution is 6.01. The summed E-state index contributed by atoms with van der Waals surface area (Å²) in [7, 11) is 1.29. The molecule has 2 rings (SSSR count). The minimum atomic E-state index is -0.489. The van der Waals surface area contributed by atoms with Gasteiger partial charge in [0.1, 0.15) is 12.3 Å². The van der Waals surface area contributed by atoms with Gasteiger partial charge in [0, 0.05) is 24.1 Å². The first kappa shape index (κ1) is 21.6. The number of oxime groups is 1. The Morgan fingerprint density at radius 3 is 2.28 bits per heavy atom. The van der Waals surface area contributed by atoms with E-state index in [0.717, 1.165) is 0 Å². The van der Waals surface area contributed by atoms with Gasteiger partial charge in [0.25, 0.3) is 0 Å². The average Bonchev–Trinajstić information content (AvgIpc) is 2.75. The zero-order valence-corrected chi connectivity index (χ0v) is 16.0. The predicted octanol–water partition coefficient (Wildman–Crippen LogP) is 3.00. The molecule has 8 nitrogen and oxygen atoms in total. The molecule has 0 unspecified atom stereocenters. The lowest BCUT2D eigenvalue weighted by molar-refractivity contribution is -0.142. The molecule has 29 heavy (non-hydrogen) atoms. The third kappa shape index (κ3) is 7.10. The molecule has 0 heterocycles. The molecular formula is C21H22N2O6. The van der Waals surface area contributed by atoms with Crippen molar-refractivity contribution >= 4 is 29.2 Å². The predicted molar refractivity (Wildman–Crippen MR) is 106 cm³/mol. The Hall–Kier alpha value is -3.68. The van der Waals surface area contributed by atoms with Gasteiger partial charge in [-0.05, 0) is 30.7 Å². The maximum absolute atomic E-state index is 12.0. The van der Waals surface area contributed by atoms with Crippen LogP contribution in [0.3, 0.4) is 0 Å². The third-order valence-corrected chi connectivity index (χ3v) is 3.97. The molecule has 0 radical (unpaired) electrons. The Morgan fingerprint density at radius 2 is 1.66 bits per heavy atom. The molecule has 152 valence electrons. The monoisotopic (exact) mass is 398 g/mol. The van der Waals surface area contributed by atoms with E-state index in [-0.39, 0.29) is 31.1 Å². The molecule has 0 aliphatic rings. The molecule has 0 bridgehead atoms. The van der Waals surface area contributed by atoms with E-state index in [2.05, 4.69) is 15.2 Å². The van der Waals surface area contributed by atoms with Gasteiger partial charge in [0.15, 0.2) is 0 Å². The van der Waals surface area contributed by atoms with Crippen LogP contribution in [0.25, 0.3) is 0 Å². The molecule has 1 amide bonds. The summed E-state index contributed by atoms with van der Waals surface area (Å²) in [4.78, 5) is 35.2. The van der Waals surface area contributed by atoms with Crippen LogP contribution in [0, 0.1) is 0 Å². The van der Waals surface area contributed by atoms with Crippen molar-refractivity contribution in [2.75, 3.05) is 19.0 Å². The van der Waals surface area contributed by atoms with Crippen molar-refractivity contribution in [3.63, 3.8) is 0 Å². The summed E-state index contributed by atoms with van der Waals surface area (Å²) in [5.74, 6) is -1.20. The molecule has 2 N–H and O–H groups in total. The molecular weight excluding hydrogens is 376 g/mol. The number of hydrogen-bond acceptors (Lipinski definition) is 7. The molecule has 0 fully saturated rings. The Balaban J connectivity index is 1.70. The highest BCUT2D eigenvalue weighted by atomic mass is 16.5. The number of benzene rings is 2. The zero-order chi connectivity index (χ0) is 21.1. The molecule has 0 saturated carbocycles. The van der Waals surface area contributed by atoms with Crippen LogP contribution < -0.4 is 5.32 Å². The maximum Gasteiger partial charge on any atom is 0.337 e. The maximum atomic E-state index is 12.0. The standard InChI is InChI=1S/C21H22N2O6/c1-28-21(26)16-10-12-17(13-11-16)22-19(24)8-5-9-20(25)29-14-18(23-27)15-6-3-2-4-7-15/h2-4,6-7,10-13,27H,5,8-9,14H2,1H3,(H,22,24)/b23-18-. The van der Waals surface area contributed by atoms with E-state index >= 15 is 0 Å². The average molecular weight is 398 g/mol. The number of nitrogens with zero attached hydrogens (tertiary/aromatic N) is 1. The van der Waals surface area contributed by atoms with Gasteiger partial charge in [-0.2, -0.15) is 0 Å². The first-order valence-corrected chi connectivity index (χ1v) is 8.93. The van der Waals surface area contributed by atoms with Crippen LogP contribution in [0.2, 0.25) is 0 Å². The van der Waals surface area contributed by atoms with Gasteiger partial charge >= 0.3 is 11.9 Å². The van der Waals surface area contributed by atoms with Crippen LogP contribution in [0.1, 0.15) is 35.2 Å². The summed E-state index contributed by atoms with van der Waals surface area (Å²) in [6.07, 6.45) is 0.498. The highest BCUT2D eigenvalue weighted by Gasteiger charge is 2.11. The Bertz CT molecular complexity index is 862. The lowest BCUT2D eigenvalue weighted by Gasteiger charge is -2.08. The van der Waals surface area contributed by atoms with E-state index in [4.69, 9.17) is 9.94 Å². The molecule has 8 heteroatoms. The summed E-state index contributed by atoms with van der Waals surface area (Å²) in [5, 5.41) is 14.9. The van der Waals surface area contributed by atoms with Crippen molar-refractivity contribution < 1.29 is 29.1 Å². The molecule has 0 aliphatic carbocycles. The van der Waals surface area contributed by atoms with Gasteiger partial charge in [-0.3, -0.25) is 9.59 Å². The van der Waals surface area contributed by atoms with Gasteiger partial charge in [-0.25, -0.2) is 4.79 Å². The minimum Gasteiger partial charge on any atom is -0.465 e. The summed E-state index contributed by atoms with van der Waals surface area (Å²) in [6.45, 7) is -0.155. The van der Waals surface area contributed by atoms with Gasteiger partial charge in [0.05, 0.1) is 12.7 Å². The van der Waals surface area contributed by atoms with Crippen molar-refractivity contribution in [2.24, 2.45) is 5.16 Å². The quantitative estimate of drug-likeness (QED) is 0.290. The number of ether oxygens (including phenoxy) is 2. The van der Waals surface area contributed by atoms with Crippen LogP contribution in [0.5, 0.6) is 0 Å². The van der Waals surface area contributed by atoms with E-state index < -0.39 is 11.9 Å². The molecule has 0 aromatic heterocycles. The smallest absolute Gasteiger partial charge is 0.337 e. The van der Waals surface area contributed by atoms with Crippen LogP contribution in [0.4, 0.5) is 5.69 Å². The van der Waals surface area contributed by atoms with E-state index in [1.807, 2.05) is 6.07 Å². The van der Waals surface area contributed by atoms with Gasteiger partial charge < -0.3 is 20.0 Å². The number of anilines is 1. The number of methoxy groups -OCH3 is 1. The van der Waals surface area contributed by atoms with Crippen molar-refractivity contribution in [3.8, 4) is 0 Å². The van der Waals surface area contributed by atoms with Crippen molar-refractivity contribution in [3.05, 3.63) is 65.7 Å². The van der Waals surface area contributed by atoms with Crippen molar-refractivity contribution in [1.82, 2.24) is 0 Å². The fraction of sp³-hybridized carbons (Fsp3) is 0.238. The fourth-order valence-electron chi connectivity index (χ4n) is 2.45. The zero-order valence-electron chi connectivity index (χ0n) is 16.0. The van der Waals surface area contributed by atoms with Crippen LogP contribution in [-0.4, -0.2) is 42.5 Å². The van der Waals surface area contributed by atoms with E-state index in [1.54, 1.807) is 48.5 Å². The number of carbonyl (C=O) groups excluding carboxylic acids is 3. The normalized spacial score (nSPS) is 10.9. The van der Waals surface area contributed by atoms with Gasteiger partial charge in [-0.15, -0.1) is 0 Å². The summed E-state index contributed by atoms with van der Waals surface area (Å²) >= 11 is 0. The SMILES string of the molecule is COC(=O)c1ccc(NC(=O)CCCC(=O)OC/C(=N/O)c2ccccc2)cc1. The highest BCUT2D eigenvalue weighted by Crippen LogP contribution is 2.11. The molecule has 0 saturated heterocycles. The topological polar surface area (TPSA) is 114 Å². The molecule has 0 spiro atoms. The first-order chi connectivity index (χ1) is 14.0. The van der Waals surface area contributed by atoms with Crippen molar-refractivity contribution in [2.45, 2.75) is 19.3 Å². The van der Waals surface area contributed by atoms with E-state index in [1.165, 1.54) is 7.11 Å². The minimum absolute atomic E-state index is 0.0577. The van der Waals surface area contributed by atoms with Gasteiger partial charge in [-0.1, -0.05) is 35.5 Å². The number of nitrogens with one attached hydrogen (secondary N) is 1. The van der Waals surface area contributed by atoms with E-state index in [0.29, 0.717) is 23.2 Å². The van der Waals surface area contributed by atoms with Crippen LogP contribution >= 0.6 is 0 Å². The van der Waals surface area contributed by atoms with Crippen molar-refractivity contribution in [1.29, 1.82) is 0 Å². The summed E-state index contributed by atoms with van der Waals surface area (Å²) < 4.78 is 9.70. The first-order valence-electron chi connectivity index (χ1n) is 8.93. The molecule has 0 atom stereocenters. The Labute approximate surface area is 168 Å². The van der Waals surface area contributed by atoms with Gasteiger partial charge in [0.2, 0.25) is 5.91 Å². The molecule has 0 aliphatic heterocycles. The number of amides is 1. The Morgan fingerprint density at radius 1 is 0.966 bits per heavy atom. The van der Waals surface area contributed by atoms with Crippen LogP contribution in [0.15, 0.2) is 59.8 Å². The third-order valence-electron chi connectivity index (χ3n) is 3.97. The Kier molecular flexibility index (Phi) is 8.37. The second-order valence-electron chi connectivity index (χ2n) is 6.04.